The van der Waals surface area contributed by atoms with Crippen molar-refractivity contribution in [1.82, 2.24) is 9.78 Å². The number of aromatic nitrogens is 2. The molecule has 2 heteroatoms. The predicted molar refractivity (Wildman–Crippen MR) is 84.3 cm³/mol. The Bertz CT molecular complexity index is 367. The van der Waals surface area contributed by atoms with Gasteiger partial charge in [-0.15, -0.1) is 0 Å². The lowest BCUT2D eigenvalue weighted by Gasteiger charge is -2.30. The Morgan fingerprint density at radius 3 is 2.42 bits per heavy atom. The van der Waals surface area contributed by atoms with Gasteiger partial charge in [0, 0.05) is 6.20 Å². The minimum Gasteiger partial charge on any atom is -0.266 e. The van der Waals surface area contributed by atoms with Crippen molar-refractivity contribution in [2.24, 2.45) is 0 Å². The molecule has 1 heterocycles. The second kappa shape index (κ2) is 8.19. The molecule has 0 amide bonds. The first-order chi connectivity index (χ1) is 9.16. The molecule has 0 aliphatic carbocycles. The fourth-order valence-electron chi connectivity index (χ4n) is 2.59. The van der Waals surface area contributed by atoms with Gasteiger partial charge in [0.15, 0.2) is 0 Å². The van der Waals surface area contributed by atoms with Gasteiger partial charge in [-0.05, 0) is 31.9 Å². The second-order valence-corrected chi connectivity index (χ2v) is 5.80. The highest BCUT2D eigenvalue weighted by molar-refractivity contribution is 5.39. The lowest BCUT2D eigenvalue weighted by Crippen LogP contribution is -2.30. The molecule has 1 aromatic heterocycles. The summed E-state index contributed by atoms with van der Waals surface area (Å²) in [5.74, 6) is 0. The van der Waals surface area contributed by atoms with Gasteiger partial charge in [0.2, 0.25) is 0 Å². The van der Waals surface area contributed by atoms with Crippen molar-refractivity contribution in [3.05, 3.63) is 24.5 Å². The van der Waals surface area contributed by atoms with Gasteiger partial charge in [0.1, 0.15) is 0 Å². The quantitative estimate of drug-likeness (QED) is 0.516. The van der Waals surface area contributed by atoms with E-state index in [1.54, 1.807) is 0 Å². The third-order valence-corrected chi connectivity index (χ3v) is 4.01. The number of unbranched alkanes of at least 4 members (excludes halogenated alkanes) is 4. The van der Waals surface area contributed by atoms with Crippen LogP contribution in [0.2, 0.25) is 0 Å². The molecule has 1 rings (SSSR count). The van der Waals surface area contributed by atoms with Gasteiger partial charge in [-0.1, -0.05) is 59.0 Å². The second-order valence-electron chi connectivity index (χ2n) is 5.80. The van der Waals surface area contributed by atoms with E-state index in [0.717, 1.165) is 5.69 Å². The monoisotopic (exact) mass is 262 g/mol. The number of hydrogen-bond donors (Lipinski definition) is 0. The first-order valence-corrected chi connectivity index (χ1v) is 7.85. The molecule has 1 atom stereocenters. The van der Waals surface area contributed by atoms with Crippen LogP contribution in [0.4, 0.5) is 0 Å². The average Bonchev–Trinajstić information content (AvgIpc) is 2.91. The predicted octanol–water partition coefficient (Wildman–Crippen LogP) is 5.40. The van der Waals surface area contributed by atoms with Crippen molar-refractivity contribution in [3.63, 3.8) is 0 Å². The van der Waals surface area contributed by atoms with E-state index in [2.05, 4.69) is 49.4 Å². The van der Waals surface area contributed by atoms with Gasteiger partial charge in [-0.25, -0.2) is 0 Å². The fourth-order valence-corrected chi connectivity index (χ4v) is 2.59. The minimum absolute atomic E-state index is 0.172. The van der Waals surface area contributed by atoms with Gasteiger partial charge in [0.05, 0.1) is 11.2 Å². The normalized spacial score (nSPS) is 14.3. The van der Waals surface area contributed by atoms with E-state index in [4.69, 9.17) is 0 Å². The Hall–Kier alpha value is -1.05. The molecule has 0 N–H and O–H groups in total. The van der Waals surface area contributed by atoms with Gasteiger partial charge in [0.25, 0.3) is 0 Å². The molecule has 1 unspecified atom stereocenters. The van der Waals surface area contributed by atoms with Crippen LogP contribution in [-0.2, 0) is 5.54 Å². The molecule has 108 valence electrons. The summed E-state index contributed by atoms with van der Waals surface area (Å²) >= 11 is 0. The number of nitrogens with zero attached hydrogens (tertiary/aromatic N) is 2. The maximum absolute atomic E-state index is 4.65. The van der Waals surface area contributed by atoms with Crippen molar-refractivity contribution >= 4 is 6.08 Å². The zero-order valence-electron chi connectivity index (χ0n) is 13.0. The molecule has 19 heavy (non-hydrogen) atoms. The van der Waals surface area contributed by atoms with Crippen molar-refractivity contribution in [3.8, 4) is 0 Å². The zero-order chi connectivity index (χ0) is 14.1. The van der Waals surface area contributed by atoms with Crippen LogP contribution in [0, 0.1) is 0 Å². The number of rotatable bonds is 10. The molecule has 0 fully saturated rings. The maximum Gasteiger partial charge on any atom is 0.0845 e. The van der Waals surface area contributed by atoms with Gasteiger partial charge < -0.3 is 0 Å². The molecule has 0 saturated carbocycles. The topological polar surface area (TPSA) is 17.8 Å². The Morgan fingerprint density at radius 2 is 1.84 bits per heavy atom. The molecular formula is C17H30N2. The Balaban J connectivity index is 2.70. The Morgan fingerprint density at radius 1 is 1.16 bits per heavy atom. The van der Waals surface area contributed by atoms with E-state index in [1.807, 2.05) is 6.08 Å². The summed E-state index contributed by atoms with van der Waals surface area (Å²) < 4.78 is 2.17. The van der Waals surface area contributed by atoms with Crippen LogP contribution in [0.15, 0.2) is 18.8 Å². The summed E-state index contributed by atoms with van der Waals surface area (Å²) in [6.45, 7) is 10.7. The maximum atomic E-state index is 4.65. The fraction of sp³-hybridized carbons (Fsp3) is 0.706. The molecule has 0 bridgehead atoms. The standard InChI is InChI=1S/C17H30N2/c1-5-8-10-11-14-17(4,13-9-6-2)19-15-12-16(7-3)18-19/h7,12,15H,3,5-6,8-11,13-14H2,1-2,4H3. The van der Waals surface area contributed by atoms with E-state index in [-0.39, 0.29) is 5.54 Å². The summed E-state index contributed by atoms with van der Waals surface area (Å²) in [6.07, 6.45) is 14.2. The van der Waals surface area contributed by atoms with Crippen LogP contribution in [0.5, 0.6) is 0 Å². The lowest BCUT2D eigenvalue weighted by molar-refractivity contribution is 0.229. The lowest BCUT2D eigenvalue weighted by atomic mass is 9.89. The summed E-state index contributed by atoms with van der Waals surface area (Å²) in [4.78, 5) is 0. The van der Waals surface area contributed by atoms with Crippen molar-refractivity contribution in [1.29, 1.82) is 0 Å². The first kappa shape index (κ1) is 16.0. The van der Waals surface area contributed by atoms with Gasteiger partial charge in [-0.3, -0.25) is 4.68 Å². The molecule has 2 nitrogen and oxygen atoms in total. The summed E-state index contributed by atoms with van der Waals surface area (Å²) in [5.41, 5.74) is 1.15. The molecule has 1 aromatic rings. The van der Waals surface area contributed by atoms with Crippen molar-refractivity contribution in [2.45, 2.75) is 77.7 Å². The van der Waals surface area contributed by atoms with E-state index in [9.17, 15) is 0 Å². The SMILES string of the molecule is C=Cc1ccn(C(C)(CCCC)CCCCCC)n1. The van der Waals surface area contributed by atoms with Crippen LogP contribution < -0.4 is 0 Å². The highest BCUT2D eigenvalue weighted by Crippen LogP contribution is 2.29. The third-order valence-electron chi connectivity index (χ3n) is 4.01. The van der Waals surface area contributed by atoms with E-state index >= 15 is 0 Å². The molecule has 0 aromatic carbocycles. The molecule has 0 aliphatic rings. The Labute approximate surface area is 118 Å². The summed E-state index contributed by atoms with van der Waals surface area (Å²) in [5, 5.41) is 4.65. The Kier molecular flexibility index (Phi) is 6.90. The van der Waals surface area contributed by atoms with E-state index in [1.165, 1.54) is 51.4 Å². The third kappa shape index (κ3) is 4.85. The molecule has 0 spiro atoms. The van der Waals surface area contributed by atoms with Crippen molar-refractivity contribution in [2.75, 3.05) is 0 Å². The zero-order valence-corrected chi connectivity index (χ0v) is 13.0. The highest BCUT2D eigenvalue weighted by atomic mass is 15.3. The van der Waals surface area contributed by atoms with Crippen molar-refractivity contribution < 1.29 is 0 Å². The minimum atomic E-state index is 0.172. The van der Waals surface area contributed by atoms with E-state index < -0.39 is 0 Å². The largest absolute Gasteiger partial charge is 0.266 e. The summed E-state index contributed by atoms with van der Waals surface area (Å²) in [7, 11) is 0. The first-order valence-electron chi connectivity index (χ1n) is 7.85. The highest BCUT2D eigenvalue weighted by Gasteiger charge is 2.26. The smallest absolute Gasteiger partial charge is 0.0845 e. The van der Waals surface area contributed by atoms with Crippen LogP contribution in [-0.4, -0.2) is 9.78 Å². The number of hydrogen-bond acceptors (Lipinski definition) is 1. The molecule has 0 aliphatic heterocycles. The van der Waals surface area contributed by atoms with Gasteiger partial charge >= 0.3 is 0 Å². The summed E-state index contributed by atoms with van der Waals surface area (Å²) in [6, 6.07) is 2.06. The van der Waals surface area contributed by atoms with Crippen LogP contribution >= 0.6 is 0 Å². The van der Waals surface area contributed by atoms with Crippen LogP contribution in [0.3, 0.4) is 0 Å². The van der Waals surface area contributed by atoms with Crippen LogP contribution in [0.25, 0.3) is 6.08 Å². The molecular weight excluding hydrogens is 232 g/mol. The van der Waals surface area contributed by atoms with Gasteiger partial charge in [-0.2, -0.15) is 5.10 Å². The molecule has 0 saturated heterocycles. The average molecular weight is 262 g/mol. The van der Waals surface area contributed by atoms with E-state index in [0.29, 0.717) is 0 Å². The van der Waals surface area contributed by atoms with Crippen LogP contribution in [0.1, 0.15) is 77.8 Å². The molecule has 0 radical (unpaired) electrons.